The molecule has 0 amide bonds. The highest BCUT2D eigenvalue weighted by Crippen LogP contribution is 2.62. The van der Waals surface area contributed by atoms with E-state index in [2.05, 4.69) is 0 Å². The van der Waals surface area contributed by atoms with Gasteiger partial charge in [0.2, 0.25) is 0 Å². The molecule has 144 valence electrons. The van der Waals surface area contributed by atoms with Crippen LogP contribution in [0.3, 0.4) is 0 Å². The summed E-state index contributed by atoms with van der Waals surface area (Å²) in [6, 6.07) is 0. The number of carbonyl (C=O) groups excluding carboxylic acids is 3. The maximum Gasteiger partial charge on any atom is 0.183 e. The highest BCUT2D eigenvalue weighted by Gasteiger charge is 2.71. The molecule has 0 radical (unpaired) electrons. The van der Waals surface area contributed by atoms with Gasteiger partial charge in [0, 0.05) is 11.8 Å². The van der Waals surface area contributed by atoms with E-state index < -0.39 is 51.4 Å². The Morgan fingerprint density at radius 3 is 2.27 bits per heavy atom. The Balaban J connectivity index is 2.80. The van der Waals surface area contributed by atoms with Gasteiger partial charge in [-0.3, -0.25) is 14.4 Å². The van der Waals surface area contributed by atoms with Gasteiger partial charge in [-0.05, 0) is 47.5 Å². The second-order valence-electron chi connectivity index (χ2n) is 9.08. The van der Waals surface area contributed by atoms with Crippen molar-refractivity contribution < 1.29 is 24.6 Å². The Bertz CT molecular complexity index is 730. The second-order valence-corrected chi connectivity index (χ2v) is 9.08. The number of Topliss-reactive ketones (excluding diaryl/α,β-unsaturated/α-hetero) is 3. The van der Waals surface area contributed by atoms with Crippen molar-refractivity contribution in [2.75, 3.05) is 0 Å². The summed E-state index contributed by atoms with van der Waals surface area (Å²) in [4.78, 5) is 39.3. The Morgan fingerprint density at radius 2 is 1.85 bits per heavy atom. The molecule has 0 heterocycles. The first-order valence-electron chi connectivity index (χ1n) is 9.14. The zero-order valence-electron chi connectivity index (χ0n) is 16.8. The van der Waals surface area contributed by atoms with Gasteiger partial charge in [0.15, 0.2) is 17.3 Å². The highest BCUT2D eigenvalue weighted by molar-refractivity contribution is 6.32. The van der Waals surface area contributed by atoms with Crippen LogP contribution in [0.5, 0.6) is 0 Å². The number of carbonyl (C=O) groups is 3. The van der Waals surface area contributed by atoms with E-state index in [9.17, 15) is 24.6 Å². The number of ketones is 3. The quantitative estimate of drug-likeness (QED) is 0.445. The molecule has 0 aromatic heterocycles. The molecule has 2 aliphatic rings. The average molecular weight is 362 g/mol. The van der Waals surface area contributed by atoms with Gasteiger partial charge in [-0.25, -0.2) is 0 Å². The van der Waals surface area contributed by atoms with Crippen molar-refractivity contribution in [2.24, 2.45) is 22.7 Å². The maximum atomic E-state index is 13.4. The van der Waals surface area contributed by atoms with Crippen molar-refractivity contribution in [1.82, 2.24) is 0 Å². The molecule has 5 nitrogen and oxygen atoms in total. The summed E-state index contributed by atoms with van der Waals surface area (Å²) in [5.74, 6) is -3.07. The standard InChI is InChI=1S/C21H30O5/c1-11(2)8-9-21-10-13(19(5,6)26)20(7,18(21)25)16(23)14(17(21)24)15(22)12(3)4/h8,12-13,24,26H,9-10H2,1-7H3/t13-,20?,21?/m0/s1. The minimum atomic E-state index is -1.51. The van der Waals surface area contributed by atoms with Crippen LogP contribution in [0, 0.1) is 22.7 Å². The van der Waals surface area contributed by atoms with Crippen molar-refractivity contribution in [2.45, 2.75) is 66.9 Å². The molecule has 0 aliphatic heterocycles. The van der Waals surface area contributed by atoms with E-state index in [1.54, 1.807) is 27.7 Å². The molecule has 2 bridgehead atoms. The lowest BCUT2D eigenvalue weighted by Crippen LogP contribution is -2.52. The molecular weight excluding hydrogens is 332 g/mol. The van der Waals surface area contributed by atoms with Crippen LogP contribution in [0.1, 0.15) is 61.3 Å². The van der Waals surface area contributed by atoms with E-state index in [0.29, 0.717) is 0 Å². The number of aliphatic hydroxyl groups is 2. The van der Waals surface area contributed by atoms with Gasteiger partial charge in [-0.15, -0.1) is 0 Å². The van der Waals surface area contributed by atoms with Gasteiger partial charge in [0.25, 0.3) is 0 Å². The van der Waals surface area contributed by atoms with Crippen molar-refractivity contribution in [3.8, 4) is 0 Å². The molecule has 2 N–H and O–H groups in total. The zero-order chi connectivity index (χ0) is 20.2. The number of hydrogen-bond donors (Lipinski definition) is 2. The minimum absolute atomic E-state index is 0.141. The van der Waals surface area contributed by atoms with E-state index in [4.69, 9.17) is 0 Å². The molecule has 0 saturated heterocycles. The van der Waals surface area contributed by atoms with Crippen LogP contribution in [0.4, 0.5) is 0 Å². The van der Waals surface area contributed by atoms with Crippen LogP contribution in [0.15, 0.2) is 23.0 Å². The summed E-state index contributed by atoms with van der Waals surface area (Å²) >= 11 is 0. The fourth-order valence-electron chi connectivity index (χ4n) is 4.50. The summed E-state index contributed by atoms with van der Waals surface area (Å²) in [6.45, 7) is 11.7. The second kappa shape index (κ2) is 6.15. The molecule has 26 heavy (non-hydrogen) atoms. The molecule has 2 unspecified atom stereocenters. The minimum Gasteiger partial charge on any atom is -0.510 e. The van der Waals surface area contributed by atoms with E-state index >= 15 is 0 Å². The van der Waals surface area contributed by atoms with Crippen molar-refractivity contribution in [1.29, 1.82) is 0 Å². The van der Waals surface area contributed by atoms with Gasteiger partial charge < -0.3 is 10.2 Å². The molecule has 0 aromatic carbocycles. The predicted molar refractivity (Wildman–Crippen MR) is 98.5 cm³/mol. The molecule has 0 aromatic rings. The van der Waals surface area contributed by atoms with Gasteiger partial charge in [0.1, 0.15) is 11.3 Å². The zero-order valence-corrected chi connectivity index (χ0v) is 16.8. The average Bonchev–Trinajstić information content (AvgIpc) is 2.71. The summed E-state index contributed by atoms with van der Waals surface area (Å²) in [7, 11) is 0. The Kier molecular flexibility index (Phi) is 4.87. The molecular formula is C21H30O5. The molecule has 3 atom stereocenters. The smallest absolute Gasteiger partial charge is 0.183 e. The lowest BCUT2D eigenvalue weighted by molar-refractivity contribution is -0.147. The van der Waals surface area contributed by atoms with Crippen LogP contribution >= 0.6 is 0 Å². The van der Waals surface area contributed by atoms with Crippen molar-refractivity contribution in [3.63, 3.8) is 0 Å². The third-order valence-corrected chi connectivity index (χ3v) is 6.03. The van der Waals surface area contributed by atoms with Crippen molar-refractivity contribution >= 4 is 17.3 Å². The largest absolute Gasteiger partial charge is 0.510 e. The molecule has 1 fully saturated rings. The van der Waals surface area contributed by atoms with Gasteiger partial charge >= 0.3 is 0 Å². The summed E-state index contributed by atoms with van der Waals surface area (Å²) < 4.78 is 0. The fourth-order valence-corrected chi connectivity index (χ4v) is 4.50. The summed E-state index contributed by atoms with van der Waals surface area (Å²) in [5.41, 5.74) is -3.42. The fraction of sp³-hybridized carbons (Fsp3) is 0.667. The van der Waals surface area contributed by atoms with Crippen LogP contribution in [-0.2, 0) is 14.4 Å². The Hall–Kier alpha value is -1.75. The normalized spacial score (nSPS) is 31.7. The third kappa shape index (κ3) is 2.68. The summed E-state index contributed by atoms with van der Waals surface area (Å²) in [5, 5.41) is 21.7. The molecule has 1 saturated carbocycles. The first kappa shape index (κ1) is 20.6. The monoisotopic (exact) mass is 362 g/mol. The maximum absolute atomic E-state index is 13.4. The van der Waals surface area contributed by atoms with Gasteiger partial charge in [-0.1, -0.05) is 25.5 Å². The predicted octanol–water partition coefficient (Wildman–Crippen LogP) is 3.32. The summed E-state index contributed by atoms with van der Waals surface area (Å²) in [6.07, 6.45) is 2.20. The number of hydrogen-bond acceptors (Lipinski definition) is 5. The lowest BCUT2D eigenvalue weighted by Gasteiger charge is -2.38. The highest BCUT2D eigenvalue weighted by atomic mass is 16.3. The first-order chi connectivity index (χ1) is 11.7. The van der Waals surface area contributed by atoms with Crippen molar-refractivity contribution in [3.05, 3.63) is 23.0 Å². The molecule has 2 aliphatic carbocycles. The van der Waals surface area contributed by atoms with Gasteiger partial charge in [0.05, 0.1) is 16.4 Å². The number of aliphatic hydroxyl groups excluding tert-OH is 1. The van der Waals surface area contributed by atoms with Crippen LogP contribution in [0.2, 0.25) is 0 Å². The number of fused-ring (bicyclic) bond motifs is 2. The SMILES string of the molecule is CC(C)=CCC12C[C@@H](C(C)(C)O)C(C)(C(=O)C(C(=O)C(C)C)=C1O)C2=O. The molecule has 5 heteroatoms. The lowest BCUT2D eigenvalue weighted by atomic mass is 9.62. The number of rotatable bonds is 5. The van der Waals surface area contributed by atoms with E-state index in [-0.39, 0.29) is 18.4 Å². The Morgan fingerprint density at radius 1 is 1.31 bits per heavy atom. The Labute approximate surface area is 155 Å². The first-order valence-corrected chi connectivity index (χ1v) is 9.14. The number of allylic oxidation sites excluding steroid dienone is 4. The van der Waals surface area contributed by atoms with Crippen LogP contribution in [0.25, 0.3) is 0 Å². The van der Waals surface area contributed by atoms with Crippen LogP contribution < -0.4 is 0 Å². The van der Waals surface area contributed by atoms with E-state index in [1.807, 2.05) is 19.9 Å². The molecule has 0 spiro atoms. The van der Waals surface area contributed by atoms with E-state index in [1.165, 1.54) is 6.92 Å². The van der Waals surface area contributed by atoms with E-state index in [0.717, 1.165) is 5.57 Å². The molecule has 2 rings (SSSR count). The van der Waals surface area contributed by atoms with Gasteiger partial charge in [-0.2, -0.15) is 0 Å². The third-order valence-electron chi connectivity index (χ3n) is 6.03. The van der Waals surface area contributed by atoms with Crippen LogP contribution in [-0.4, -0.2) is 33.2 Å². The topological polar surface area (TPSA) is 91.7 Å².